The molecule has 0 saturated carbocycles. The summed E-state index contributed by atoms with van der Waals surface area (Å²) in [4.78, 5) is 43.2. The summed E-state index contributed by atoms with van der Waals surface area (Å²) in [5.41, 5.74) is 2.67. The molecule has 0 saturated heterocycles. The number of nitrogens with one attached hydrogen (secondary N) is 3. The molecular weight excluding hydrogens is 554 g/mol. The topological polar surface area (TPSA) is 110 Å². The number of rotatable bonds is 8. The lowest BCUT2D eigenvalue weighted by Crippen LogP contribution is -2.38. The van der Waals surface area contributed by atoms with Crippen LogP contribution in [0.5, 0.6) is 0 Å². The Hall–Kier alpha value is -5.16. The van der Waals surface area contributed by atoms with E-state index in [1.54, 1.807) is 61.1 Å². The van der Waals surface area contributed by atoms with Gasteiger partial charge in [0, 0.05) is 35.4 Å². The zero-order chi connectivity index (χ0) is 30.8. The maximum absolute atomic E-state index is 15.1. The molecule has 0 fully saturated rings. The molecule has 43 heavy (non-hydrogen) atoms. The molecule has 0 spiro atoms. The van der Waals surface area contributed by atoms with Crippen LogP contribution in [0, 0.1) is 18.6 Å². The number of nitrogens with zero attached hydrogens (tertiary/aromatic N) is 3. The van der Waals surface area contributed by atoms with Gasteiger partial charge in [-0.05, 0) is 80.6 Å². The zero-order valence-electron chi connectivity index (χ0n) is 24.0. The van der Waals surface area contributed by atoms with Crippen LogP contribution in [0.4, 0.5) is 14.5 Å². The van der Waals surface area contributed by atoms with Gasteiger partial charge in [0.15, 0.2) is 0 Å². The van der Waals surface area contributed by atoms with Crippen molar-refractivity contribution in [2.75, 3.05) is 19.4 Å². The summed E-state index contributed by atoms with van der Waals surface area (Å²) in [5.74, 6) is -1.43. The first-order valence-corrected chi connectivity index (χ1v) is 13.6. The van der Waals surface area contributed by atoms with E-state index in [2.05, 4.69) is 20.9 Å². The summed E-state index contributed by atoms with van der Waals surface area (Å²) in [6.07, 6.45) is 3.07. The lowest BCUT2D eigenvalue weighted by Gasteiger charge is -2.17. The molecule has 0 aliphatic rings. The van der Waals surface area contributed by atoms with Gasteiger partial charge in [-0.3, -0.25) is 19.0 Å². The summed E-state index contributed by atoms with van der Waals surface area (Å²) in [5, 5.41) is 8.70. The Morgan fingerprint density at radius 1 is 1.00 bits per heavy atom. The molecule has 1 atom stereocenters. The lowest BCUT2D eigenvalue weighted by molar-refractivity contribution is -0.117. The van der Waals surface area contributed by atoms with E-state index in [4.69, 9.17) is 0 Å². The van der Waals surface area contributed by atoms with Crippen LogP contribution in [-0.2, 0) is 11.3 Å². The minimum Gasteiger partial charge on any atom is -0.355 e. The van der Waals surface area contributed by atoms with Crippen molar-refractivity contribution >= 4 is 28.4 Å². The fourth-order valence-electron chi connectivity index (χ4n) is 4.90. The lowest BCUT2D eigenvalue weighted by atomic mass is 10.1. The fourth-order valence-corrected chi connectivity index (χ4v) is 4.90. The van der Waals surface area contributed by atoms with Crippen LogP contribution < -0.4 is 21.5 Å². The zero-order valence-corrected chi connectivity index (χ0v) is 24.0. The average molecular weight is 585 g/mol. The number of carbonyl (C=O) groups excluding carboxylic acids is 2. The van der Waals surface area contributed by atoms with Gasteiger partial charge < -0.3 is 20.5 Å². The maximum Gasteiger partial charge on any atom is 0.277 e. The van der Waals surface area contributed by atoms with Gasteiger partial charge in [0.05, 0.1) is 24.3 Å². The highest BCUT2D eigenvalue weighted by molar-refractivity contribution is 5.95. The SMILES string of the molecule is CNC(=O)c1cccc(-c2ncc(NC(=O)[C@H](C)NC)c(=O)n2Cc2cc(F)cc(-n3cc(C)c4cc(F)ccc43)c2)c1. The first kappa shape index (κ1) is 29.3. The third-order valence-corrected chi connectivity index (χ3v) is 7.27. The van der Waals surface area contributed by atoms with Crippen LogP contribution >= 0.6 is 0 Å². The predicted molar refractivity (Wildman–Crippen MR) is 162 cm³/mol. The molecule has 2 aromatic heterocycles. The molecular formula is C32H30F2N6O3. The number of hydrogen-bond acceptors (Lipinski definition) is 5. The molecule has 3 aromatic carbocycles. The molecule has 0 aliphatic carbocycles. The second-order valence-corrected chi connectivity index (χ2v) is 10.2. The molecule has 5 aromatic rings. The van der Waals surface area contributed by atoms with Crippen molar-refractivity contribution in [3.8, 4) is 17.1 Å². The molecule has 2 heterocycles. The fraction of sp³-hybridized carbons (Fsp3) is 0.188. The standard InChI is InChI=1S/C32H30F2N6O3/c1-18-16-39(28-9-8-23(33)14-26(18)28)25-11-20(10-24(34)13-25)17-40-29(21-6-5-7-22(12-21)31(42)36-4)37-15-27(32(40)43)38-30(41)19(2)35-3/h5-16,19,35H,17H2,1-4H3,(H,36,42)(H,38,41)/t19-/m0/s1. The van der Waals surface area contributed by atoms with E-state index in [9.17, 15) is 18.8 Å². The van der Waals surface area contributed by atoms with Crippen molar-refractivity contribution in [2.24, 2.45) is 0 Å². The Balaban J connectivity index is 1.64. The summed E-state index contributed by atoms with van der Waals surface area (Å²) < 4.78 is 32.1. The van der Waals surface area contributed by atoms with E-state index in [1.807, 2.05) is 6.92 Å². The van der Waals surface area contributed by atoms with Gasteiger partial charge in [-0.25, -0.2) is 13.8 Å². The van der Waals surface area contributed by atoms with Crippen LogP contribution in [0.2, 0.25) is 0 Å². The summed E-state index contributed by atoms with van der Waals surface area (Å²) in [6, 6.07) is 14.8. The normalized spacial score (nSPS) is 11.9. The van der Waals surface area contributed by atoms with Crippen molar-refractivity contribution < 1.29 is 18.4 Å². The van der Waals surface area contributed by atoms with Crippen LogP contribution in [0.15, 0.2) is 77.9 Å². The van der Waals surface area contributed by atoms with Gasteiger partial charge in [-0.15, -0.1) is 0 Å². The van der Waals surface area contributed by atoms with E-state index in [-0.39, 0.29) is 29.8 Å². The Kier molecular flexibility index (Phi) is 8.18. The second kappa shape index (κ2) is 12.0. The third-order valence-electron chi connectivity index (χ3n) is 7.27. The Bertz CT molecular complexity index is 1930. The number of carbonyl (C=O) groups is 2. The molecule has 220 valence electrons. The van der Waals surface area contributed by atoms with Crippen LogP contribution in [0.3, 0.4) is 0 Å². The minimum atomic E-state index is -0.573. The van der Waals surface area contributed by atoms with Gasteiger partial charge in [0.25, 0.3) is 11.5 Å². The number of benzene rings is 3. The highest BCUT2D eigenvalue weighted by atomic mass is 19.1. The highest BCUT2D eigenvalue weighted by Gasteiger charge is 2.19. The number of halogens is 2. The monoisotopic (exact) mass is 584 g/mol. The van der Waals surface area contributed by atoms with Gasteiger partial charge in [-0.1, -0.05) is 12.1 Å². The predicted octanol–water partition coefficient (Wildman–Crippen LogP) is 4.40. The van der Waals surface area contributed by atoms with Gasteiger partial charge in [0.1, 0.15) is 23.1 Å². The van der Waals surface area contributed by atoms with E-state index >= 15 is 4.39 Å². The number of likely N-dealkylation sites (N-methyl/N-ethyl adjacent to an activating group) is 1. The molecule has 5 rings (SSSR count). The van der Waals surface area contributed by atoms with Crippen LogP contribution in [-0.4, -0.2) is 46.1 Å². The minimum absolute atomic E-state index is 0.0519. The summed E-state index contributed by atoms with van der Waals surface area (Å²) in [7, 11) is 3.14. The number of hydrogen-bond donors (Lipinski definition) is 3. The maximum atomic E-state index is 15.1. The Labute approximate surface area is 246 Å². The summed E-state index contributed by atoms with van der Waals surface area (Å²) >= 11 is 0. The van der Waals surface area contributed by atoms with Gasteiger partial charge in [-0.2, -0.15) is 0 Å². The van der Waals surface area contributed by atoms with E-state index in [0.717, 1.165) is 5.56 Å². The van der Waals surface area contributed by atoms with Gasteiger partial charge >= 0.3 is 0 Å². The molecule has 2 amide bonds. The number of amides is 2. The Morgan fingerprint density at radius 3 is 2.53 bits per heavy atom. The summed E-state index contributed by atoms with van der Waals surface area (Å²) in [6.45, 7) is 3.39. The number of aromatic nitrogens is 3. The van der Waals surface area contributed by atoms with Crippen LogP contribution in [0.1, 0.15) is 28.4 Å². The molecule has 0 unspecified atom stereocenters. The molecule has 3 N–H and O–H groups in total. The Morgan fingerprint density at radius 2 is 1.79 bits per heavy atom. The van der Waals surface area contributed by atoms with Crippen molar-refractivity contribution in [3.63, 3.8) is 0 Å². The number of fused-ring (bicyclic) bond motifs is 1. The smallest absolute Gasteiger partial charge is 0.277 e. The van der Waals surface area contributed by atoms with Crippen molar-refractivity contribution in [3.05, 3.63) is 112 Å². The second-order valence-electron chi connectivity index (χ2n) is 10.2. The first-order valence-electron chi connectivity index (χ1n) is 13.6. The van der Waals surface area contributed by atoms with Crippen molar-refractivity contribution in [1.82, 2.24) is 24.8 Å². The van der Waals surface area contributed by atoms with Gasteiger partial charge in [0.2, 0.25) is 5.91 Å². The molecule has 0 radical (unpaired) electrons. The van der Waals surface area contributed by atoms with Crippen LogP contribution in [0.25, 0.3) is 28.0 Å². The number of aryl methyl sites for hydroxylation is 1. The van der Waals surface area contributed by atoms with Crippen molar-refractivity contribution in [2.45, 2.75) is 26.4 Å². The quantitative estimate of drug-likeness (QED) is 0.251. The molecule has 9 nitrogen and oxygen atoms in total. The molecule has 0 bridgehead atoms. The molecule has 11 heteroatoms. The average Bonchev–Trinajstić information content (AvgIpc) is 3.33. The van der Waals surface area contributed by atoms with E-state index in [0.29, 0.717) is 33.3 Å². The highest BCUT2D eigenvalue weighted by Crippen LogP contribution is 2.27. The first-order chi connectivity index (χ1) is 20.6. The largest absolute Gasteiger partial charge is 0.355 e. The molecule has 0 aliphatic heterocycles. The van der Waals surface area contributed by atoms with E-state index in [1.165, 1.54) is 42.1 Å². The van der Waals surface area contributed by atoms with Crippen molar-refractivity contribution in [1.29, 1.82) is 0 Å². The number of anilines is 1. The van der Waals surface area contributed by atoms with E-state index < -0.39 is 23.3 Å². The third kappa shape index (κ3) is 5.93.